The number of aromatic nitrogens is 1. The first-order valence-electron chi connectivity index (χ1n) is 5.59. The van der Waals surface area contributed by atoms with E-state index >= 15 is 0 Å². The van der Waals surface area contributed by atoms with Gasteiger partial charge in [-0.25, -0.2) is 4.98 Å². The molecule has 1 aliphatic rings. The summed E-state index contributed by atoms with van der Waals surface area (Å²) >= 11 is 2.06. The highest BCUT2D eigenvalue weighted by Gasteiger charge is 2.16. The van der Waals surface area contributed by atoms with Gasteiger partial charge in [-0.1, -0.05) is 0 Å². The summed E-state index contributed by atoms with van der Waals surface area (Å²) in [6.45, 7) is 0.645. The lowest BCUT2D eigenvalue weighted by atomic mass is 9.99. The molecule has 15 heavy (non-hydrogen) atoms. The summed E-state index contributed by atoms with van der Waals surface area (Å²) in [5, 5.41) is 0. The van der Waals surface area contributed by atoms with Crippen LogP contribution < -0.4 is 5.73 Å². The lowest BCUT2D eigenvalue weighted by molar-refractivity contribution is 0.408. The molecule has 0 unspecified atom stereocenters. The van der Waals surface area contributed by atoms with Gasteiger partial charge in [-0.3, -0.25) is 0 Å². The quantitative estimate of drug-likeness (QED) is 0.851. The molecular weight excluding hydrogens is 208 g/mol. The first kappa shape index (κ1) is 11.0. The smallest absolute Gasteiger partial charge is 0.194 e. The van der Waals surface area contributed by atoms with Crippen LogP contribution in [0.3, 0.4) is 0 Å². The van der Waals surface area contributed by atoms with Crippen molar-refractivity contribution in [3.05, 3.63) is 17.8 Å². The Morgan fingerprint density at radius 3 is 3.00 bits per heavy atom. The normalized spacial score (nSPS) is 18.2. The van der Waals surface area contributed by atoms with Crippen LogP contribution in [-0.2, 0) is 12.8 Å². The molecule has 0 radical (unpaired) electrons. The molecule has 0 bridgehead atoms. The van der Waals surface area contributed by atoms with Crippen LogP contribution in [0.2, 0.25) is 0 Å². The van der Waals surface area contributed by atoms with Crippen LogP contribution in [0.25, 0.3) is 0 Å². The Morgan fingerprint density at radius 2 is 2.27 bits per heavy atom. The second kappa shape index (κ2) is 5.56. The van der Waals surface area contributed by atoms with Crippen molar-refractivity contribution in [1.29, 1.82) is 0 Å². The zero-order chi connectivity index (χ0) is 10.5. The second-order valence-electron chi connectivity index (χ2n) is 4.03. The van der Waals surface area contributed by atoms with Gasteiger partial charge in [0.25, 0.3) is 0 Å². The van der Waals surface area contributed by atoms with E-state index in [-0.39, 0.29) is 0 Å². The van der Waals surface area contributed by atoms with E-state index in [1.165, 1.54) is 24.3 Å². The predicted molar refractivity (Wildman–Crippen MR) is 63.0 cm³/mol. The fourth-order valence-electron chi connectivity index (χ4n) is 1.90. The van der Waals surface area contributed by atoms with Crippen molar-refractivity contribution >= 4 is 11.8 Å². The van der Waals surface area contributed by atoms with Crippen molar-refractivity contribution in [3.63, 3.8) is 0 Å². The maximum absolute atomic E-state index is 5.47. The zero-order valence-electron chi connectivity index (χ0n) is 8.95. The van der Waals surface area contributed by atoms with Crippen LogP contribution in [0.1, 0.15) is 24.4 Å². The molecular formula is C11H18N2OS. The lowest BCUT2D eigenvalue weighted by Gasteiger charge is -2.19. The van der Waals surface area contributed by atoms with E-state index in [1.54, 1.807) is 6.26 Å². The first-order valence-corrected chi connectivity index (χ1v) is 6.75. The molecule has 2 N–H and O–H groups in total. The van der Waals surface area contributed by atoms with E-state index in [0.29, 0.717) is 6.54 Å². The van der Waals surface area contributed by atoms with Gasteiger partial charge in [0.2, 0.25) is 0 Å². The fraction of sp³-hybridized carbons (Fsp3) is 0.727. The molecule has 3 nitrogen and oxygen atoms in total. The Labute approximate surface area is 94.8 Å². The summed E-state index contributed by atoms with van der Waals surface area (Å²) < 4.78 is 5.45. The Balaban J connectivity index is 1.86. The van der Waals surface area contributed by atoms with E-state index in [9.17, 15) is 0 Å². The van der Waals surface area contributed by atoms with Gasteiger partial charge in [-0.15, -0.1) is 0 Å². The van der Waals surface area contributed by atoms with Gasteiger partial charge in [0.15, 0.2) is 5.89 Å². The van der Waals surface area contributed by atoms with Gasteiger partial charge in [-0.2, -0.15) is 11.8 Å². The molecule has 1 aliphatic heterocycles. The van der Waals surface area contributed by atoms with Gasteiger partial charge in [0.05, 0.1) is 5.69 Å². The Morgan fingerprint density at radius 1 is 1.47 bits per heavy atom. The van der Waals surface area contributed by atoms with Crippen molar-refractivity contribution in [2.75, 3.05) is 18.1 Å². The third kappa shape index (κ3) is 3.24. The molecule has 0 amide bonds. The molecule has 84 valence electrons. The summed E-state index contributed by atoms with van der Waals surface area (Å²) in [5.74, 6) is 4.26. The highest BCUT2D eigenvalue weighted by molar-refractivity contribution is 7.99. The van der Waals surface area contributed by atoms with E-state index in [1.807, 2.05) is 0 Å². The van der Waals surface area contributed by atoms with Crippen LogP contribution in [0.15, 0.2) is 10.7 Å². The number of hydrogen-bond donors (Lipinski definition) is 1. The summed E-state index contributed by atoms with van der Waals surface area (Å²) in [5.41, 5.74) is 6.47. The third-order valence-electron chi connectivity index (χ3n) is 2.80. The number of thioether (sulfide) groups is 1. The highest BCUT2D eigenvalue weighted by Crippen LogP contribution is 2.25. The average Bonchev–Trinajstić information content (AvgIpc) is 2.68. The number of rotatable bonds is 4. The Bertz CT molecular complexity index is 295. The molecule has 0 saturated carbocycles. The van der Waals surface area contributed by atoms with Crippen LogP contribution in [0.5, 0.6) is 0 Å². The molecule has 2 heterocycles. The van der Waals surface area contributed by atoms with Crippen LogP contribution in [0, 0.1) is 5.92 Å². The predicted octanol–water partition coefficient (Wildman–Crippen LogP) is 1.86. The molecule has 1 fully saturated rings. The molecule has 0 aliphatic carbocycles. The summed E-state index contributed by atoms with van der Waals surface area (Å²) in [6, 6.07) is 0. The number of hydrogen-bond acceptors (Lipinski definition) is 4. The minimum Gasteiger partial charge on any atom is -0.449 e. The fourth-order valence-corrected chi connectivity index (χ4v) is 3.11. The van der Waals surface area contributed by atoms with E-state index < -0.39 is 0 Å². The second-order valence-corrected chi connectivity index (χ2v) is 5.26. The SMILES string of the molecule is NCCc1coc(CC2CCSCC2)n1. The van der Waals surface area contributed by atoms with Crippen molar-refractivity contribution in [1.82, 2.24) is 4.98 Å². The van der Waals surface area contributed by atoms with Crippen molar-refractivity contribution < 1.29 is 4.42 Å². The van der Waals surface area contributed by atoms with Gasteiger partial charge in [0.1, 0.15) is 6.26 Å². The Hall–Kier alpha value is -0.480. The minimum atomic E-state index is 0.645. The van der Waals surface area contributed by atoms with Crippen molar-refractivity contribution in [3.8, 4) is 0 Å². The van der Waals surface area contributed by atoms with Gasteiger partial charge >= 0.3 is 0 Å². The molecule has 1 aromatic rings. The van der Waals surface area contributed by atoms with E-state index in [2.05, 4.69) is 16.7 Å². The van der Waals surface area contributed by atoms with Gasteiger partial charge < -0.3 is 10.2 Å². The summed E-state index contributed by atoms with van der Waals surface area (Å²) in [6.07, 6.45) is 6.19. The van der Waals surface area contributed by atoms with Gasteiger partial charge in [-0.05, 0) is 36.8 Å². The largest absolute Gasteiger partial charge is 0.449 e. The molecule has 0 spiro atoms. The topological polar surface area (TPSA) is 52.0 Å². The third-order valence-corrected chi connectivity index (χ3v) is 3.85. The molecule has 2 rings (SSSR count). The zero-order valence-corrected chi connectivity index (χ0v) is 9.76. The maximum atomic E-state index is 5.47. The Kier molecular flexibility index (Phi) is 4.09. The lowest BCUT2D eigenvalue weighted by Crippen LogP contribution is -2.12. The van der Waals surface area contributed by atoms with Crippen molar-refractivity contribution in [2.24, 2.45) is 11.7 Å². The summed E-state index contributed by atoms with van der Waals surface area (Å²) in [7, 11) is 0. The van der Waals surface area contributed by atoms with Crippen LogP contribution >= 0.6 is 11.8 Å². The molecule has 4 heteroatoms. The van der Waals surface area contributed by atoms with Crippen molar-refractivity contribution in [2.45, 2.75) is 25.7 Å². The minimum absolute atomic E-state index is 0.645. The average molecular weight is 226 g/mol. The maximum Gasteiger partial charge on any atom is 0.194 e. The van der Waals surface area contributed by atoms with Crippen LogP contribution in [-0.4, -0.2) is 23.0 Å². The number of nitrogens with two attached hydrogens (primary N) is 1. The first-order chi connectivity index (χ1) is 7.38. The standard InChI is InChI=1S/C11H18N2OS/c12-4-1-10-8-14-11(13-10)7-9-2-5-15-6-3-9/h8-9H,1-7,12H2. The number of oxazole rings is 1. The monoisotopic (exact) mass is 226 g/mol. The van der Waals surface area contributed by atoms with Crippen LogP contribution in [0.4, 0.5) is 0 Å². The van der Waals surface area contributed by atoms with E-state index in [4.69, 9.17) is 10.2 Å². The molecule has 1 saturated heterocycles. The summed E-state index contributed by atoms with van der Waals surface area (Å²) in [4.78, 5) is 4.44. The van der Waals surface area contributed by atoms with Gasteiger partial charge in [0, 0.05) is 12.8 Å². The molecule has 0 aromatic carbocycles. The van der Waals surface area contributed by atoms with E-state index in [0.717, 1.165) is 30.3 Å². The number of nitrogens with zero attached hydrogens (tertiary/aromatic N) is 1. The molecule has 0 atom stereocenters. The highest BCUT2D eigenvalue weighted by atomic mass is 32.2. The molecule has 1 aromatic heterocycles.